The van der Waals surface area contributed by atoms with Gasteiger partial charge in [0.1, 0.15) is 11.2 Å². The molecule has 0 bridgehead atoms. The van der Waals surface area contributed by atoms with E-state index in [0.29, 0.717) is 18.4 Å². The maximum atomic E-state index is 12.8. The lowest BCUT2D eigenvalue weighted by molar-refractivity contribution is -0.140. The molecule has 0 saturated heterocycles. The number of carbonyl (C=O) groups is 2. The Morgan fingerprint density at radius 1 is 0.895 bits per heavy atom. The SMILES string of the molecule is COC(=O)CCCC(=O)c1ccc2oc3ccc(C(Cc4ccccc4)O[Si](C)(C)C(C)(C)C)cc3c2c1. The summed E-state index contributed by atoms with van der Waals surface area (Å²) in [6, 6.07) is 22.3. The van der Waals surface area contributed by atoms with Crippen molar-refractivity contribution < 1.29 is 23.2 Å². The van der Waals surface area contributed by atoms with Crippen molar-refractivity contribution in [1.29, 1.82) is 0 Å². The number of benzene rings is 3. The van der Waals surface area contributed by atoms with Crippen molar-refractivity contribution in [3.8, 4) is 0 Å². The predicted octanol–water partition coefficient (Wildman–Crippen LogP) is 8.42. The van der Waals surface area contributed by atoms with Gasteiger partial charge in [-0.05, 0) is 66.0 Å². The molecule has 0 aliphatic carbocycles. The highest BCUT2D eigenvalue weighted by Crippen LogP contribution is 2.41. The number of esters is 1. The Kier molecular flexibility index (Phi) is 8.24. The van der Waals surface area contributed by atoms with Crippen molar-refractivity contribution in [3.05, 3.63) is 83.4 Å². The molecule has 0 fully saturated rings. The van der Waals surface area contributed by atoms with Gasteiger partial charge in [0.2, 0.25) is 0 Å². The van der Waals surface area contributed by atoms with Crippen LogP contribution in [-0.4, -0.2) is 27.2 Å². The van der Waals surface area contributed by atoms with Crippen molar-refractivity contribution in [2.75, 3.05) is 7.11 Å². The van der Waals surface area contributed by atoms with Gasteiger partial charge >= 0.3 is 5.97 Å². The van der Waals surface area contributed by atoms with Crippen LogP contribution in [0.1, 0.15) is 67.6 Å². The van der Waals surface area contributed by atoms with E-state index >= 15 is 0 Å². The van der Waals surface area contributed by atoms with Gasteiger partial charge in [0, 0.05) is 35.6 Å². The minimum absolute atomic E-state index is 0.00419. The molecule has 38 heavy (non-hydrogen) atoms. The zero-order chi connectivity index (χ0) is 27.5. The molecule has 5 nitrogen and oxygen atoms in total. The zero-order valence-corrected chi connectivity index (χ0v) is 24.3. The predicted molar refractivity (Wildman–Crippen MR) is 155 cm³/mol. The molecule has 1 heterocycles. The Labute approximate surface area is 226 Å². The Balaban J connectivity index is 1.69. The lowest BCUT2D eigenvalue weighted by atomic mass is 9.98. The summed E-state index contributed by atoms with van der Waals surface area (Å²) in [5.41, 5.74) is 4.48. The van der Waals surface area contributed by atoms with Crippen LogP contribution in [0, 0.1) is 0 Å². The first-order valence-corrected chi connectivity index (χ1v) is 16.2. The van der Waals surface area contributed by atoms with E-state index in [1.807, 2.05) is 24.3 Å². The molecule has 4 rings (SSSR count). The van der Waals surface area contributed by atoms with Gasteiger partial charge in [-0.2, -0.15) is 0 Å². The van der Waals surface area contributed by atoms with Gasteiger partial charge in [-0.25, -0.2) is 0 Å². The number of hydrogen-bond acceptors (Lipinski definition) is 5. The standard InChI is InChI=1S/C32H38O5Si/c1-32(2,3)38(5,6)37-30(19-22-11-8-7-9-12-22)24-16-18-29-26(21-24)25-20-23(15-17-28(25)36-29)27(33)13-10-14-31(34)35-4/h7-9,11-12,15-18,20-21,30H,10,13-14,19H2,1-6H3. The van der Waals surface area contributed by atoms with E-state index in [1.165, 1.54) is 12.7 Å². The average molecular weight is 531 g/mol. The van der Waals surface area contributed by atoms with Gasteiger partial charge < -0.3 is 13.6 Å². The van der Waals surface area contributed by atoms with Crippen LogP contribution >= 0.6 is 0 Å². The molecule has 1 atom stereocenters. The normalized spacial score (nSPS) is 13.1. The van der Waals surface area contributed by atoms with Gasteiger partial charge in [-0.1, -0.05) is 57.2 Å². The van der Waals surface area contributed by atoms with Gasteiger partial charge in [0.15, 0.2) is 14.1 Å². The molecule has 1 aromatic heterocycles. The van der Waals surface area contributed by atoms with Crippen molar-refractivity contribution in [2.45, 2.75) is 70.7 Å². The Morgan fingerprint density at radius 2 is 1.55 bits per heavy atom. The minimum atomic E-state index is -2.06. The zero-order valence-electron chi connectivity index (χ0n) is 23.3. The molecule has 0 N–H and O–H groups in total. The lowest BCUT2D eigenvalue weighted by Crippen LogP contribution is -2.42. The molecule has 200 valence electrons. The Bertz CT molecular complexity index is 1430. The summed E-state index contributed by atoms with van der Waals surface area (Å²) < 4.78 is 17.8. The van der Waals surface area contributed by atoms with Crippen LogP contribution in [0.15, 0.2) is 71.1 Å². The third-order valence-corrected chi connectivity index (χ3v) is 12.2. The van der Waals surface area contributed by atoms with E-state index in [9.17, 15) is 9.59 Å². The third-order valence-electron chi connectivity index (χ3n) is 7.71. The average Bonchev–Trinajstić information content (AvgIpc) is 3.25. The first-order valence-electron chi connectivity index (χ1n) is 13.3. The summed E-state index contributed by atoms with van der Waals surface area (Å²) in [6.45, 7) is 11.4. The van der Waals surface area contributed by atoms with E-state index in [2.05, 4.69) is 75.0 Å². The van der Waals surface area contributed by atoms with Crippen molar-refractivity contribution in [1.82, 2.24) is 0 Å². The molecular formula is C32H38O5Si. The van der Waals surface area contributed by atoms with Gasteiger partial charge in [0.25, 0.3) is 0 Å². The molecule has 0 aliphatic rings. The van der Waals surface area contributed by atoms with Crippen molar-refractivity contribution in [2.24, 2.45) is 0 Å². The highest BCUT2D eigenvalue weighted by Gasteiger charge is 2.39. The number of furan rings is 1. The highest BCUT2D eigenvalue weighted by molar-refractivity contribution is 6.74. The molecular weight excluding hydrogens is 492 g/mol. The second-order valence-electron chi connectivity index (χ2n) is 11.5. The molecule has 0 amide bonds. The summed E-state index contributed by atoms with van der Waals surface area (Å²) in [4.78, 5) is 24.3. The molecule has 0 spiro atoms. The summed E-state index contributed by atoms with van der Waals surface area (Å²) in [7, 11) is -0.699. The second-order valence-corrected chi connectivity index (χ2v) is 16.2. The van der Waals surface area contributed by atoms with Crippen LogP contribution in [0.25, 0.3) is 21.9 Å². The number of hydrogen-bond donors (Lipinski definition) is 0. The number of Topliss-reactive ketones (excluding diaryl/α,β-unsaturated/α-hetero) is 1. The van der Waals surface area contributed by atoms with Crippen molar-refractivity contribution >= 4 is 42.0 Å². The van der Waals surface area contributed by atoms with Gasteiger partial charge in [-0.15, -0.1) is 0 Å². The van der Waals surface area contributed by atoms with Crippen LogP contribution in [0.4, 0.5) is 0 Å². The molecule has 4 aromatic rings. The molecule has 3 aromatic carbocycles. The smallest absolute Gasteiger partial charge is 0.305 e. The fraction of sp³-hybridized carbons (Fsp3) is 0.375. The highest BCUT2D eigenvalue weighted by atomic mass is 28.4. The first-order chi connectivity index (χ1) is 18.0. The number of ketones is 1. The molecule has 0 radical (unpaired) electrons. The van der Waals surface area contributed by atoms with E-state index in [4.69, 9.17) is 8.84 Å². The number of carbonyl (C=O) groups excluding carboxylic acids is 2. The minimum Gasteiger partial charge on any atom is -0.469 e. The fourth-order valence-corrected chi connectivity index (χ4v) is 5.68. The van der Waals surface area contributed by atoms with E-state index in [0.717, 1.165) is 33.9 Å². The largest absolute Gasteiger partial charge is 0.469 e. The van der Waals surface area contributed by atoms with E-state index in [1.54, 1.807) is 6.07 Å². The van der Waals surface area contributed by atoms with Crippen molar-refractivity contribution in [3.63, 3.8) is 0 Å². The second kappa shape index (κ2) is 11.3. The maximum Gasteiger partial charge on any atom is 0.305 e. The Morgan fingerprint density at radius 3 is 2.21 bits per heavy atom. The summed E-state index contributed by atoms with van der Waals surface area (Å²) in [5, 5.41) is 1.96. The lowest BCUT2D eigenvalue weighted by Gasteiger charge is -2.39. The number of rotatable bonds is 10. The molecule has 0 aliphatic heterocycles. The number of fused-ring (bicyclic) bond motifs is 3. The fourth-order valence-electron chi connectivity index (χ4n) is 4.40. The van der Waals surface area contributed by atoms with Crippen LogP contribution in [-0.2, 0) is 20.4 Å². The van der Waals surface area contributed by atoms with Gasteiger partial charge in [0.05, 0.1) is 13.2 Å². The summed E-state index contributed by atoms with van der Waals surface area (Å²) in [5.74, 6) is -0.295. The van der Waals surface area contributed by atoms with Crippen LogP contribution in [0.2, 0.25) is 18.1 Å². The number of ether oxygens (including phenoxy) is 1. The monoisotopic (exact) mass is 530 g/mol. The van der Waals surface area contributed by atoms with Crippen LogP contribution in [0.5, 0.6) is 0 Å². The third kappa shape index (κ3) is 6.25. The van der Waals surface area contributed by atoms with Crippen LogP contribution in [0.3, 0.4) is 0 Å². The maximum absolute atomic E-state index is 12.8. The molecule has 1 unspecified atom stereocenters. The quantitative estimate of drug-likeness (QED) is 0.117. The molecule has 0 saturated carbocycles. The molecule has 6 heteroatoms. The van der Waals surface area contributed by atoms with Gasteiger partial charge in [-0.3, -0.25) is 9.59 Å². The number of methoxy groups -OCH3 is 1. The first kappa shape index (κ1) is 27.8. The Hall–Kier alpha value is -3.22. The van der Waals surface area contributed by atoms with E-state index in [-0.39, 0.29) is 29.3 Å². The topological polar surface area (TPSA) is 65.7 Å². The summed E-state index contributed by atoms with van der Waals surface area (Å²) >= 11 is 0. The van der Waals surface area contributed by atoms with E-state index < -0.39 is 8.32 Å². The summed E-state index contributed by atoms with van der Waals surface area (Å²) in [6.07, 6.45) is 1.67. The van der Waals surface area contributed by atoms with Crippen LogP contribution < -0.4 is 0 Å².